The average molecular weight is 405 g/mol. The van der Waals surface area contributed by atoms with Gasteiger partial charge in [-0.15, -0.1) is 0 Å². The van der Waals surface area contributed by atoms with Crippen LogP contribution in [0.3, 0.4) is 0 Å². The van der Waals surface area contributed by atoms with Gasteiger partial charge in [-0.05, 0) is 31.5 Å². The molecule has 0 bridgehead atoms. The number of fused-ring (bicyclic) bond motifs is 2. The van der Waals surface area contributed by atoms with Crippen molar-refractivity contribution in [2.24, 2.45) is 0 Å². The van der Waals surface area contributed by atoms with E-state index in [9.17, 15) is 9.59 Å². The van der Waals surface area contributed by atoms with Gasteiger partial charge in [-0.3, -0.25) is 4.79 Å². The second-order valence-corrected chi connectivity index (χ2v) is 7.09. The number of ketones is 1. The molecule has 0 unspecified atom stereocenters. The molecule has 2 aliphatic rings. The van der Waals surface area contributed by atoms with Crippen molar-refractivity contribution in [3.8, 4) is 11.5 Å². The highest BCUT2D eigenvalue weighted by molar-refractivity contribution is 6.23. The molecular weight excluding hydrogens is 382 g/mol. The number of carbonyl (C=O) groups excluding carboxylic acids is 2. The zero-order valence-electron chi connectivity index (χ0n) is 17.4. The van der Waals surface area contributed by atoms with Gasteiger partial charge in [-0.25, -0.2) is 4.79 Å². The Morgan fingerprint density at radius 1 is 1.03 bits per heavy atom. The maximum absolute atomic E-state index is 13.4. The first-order chi connectivity index (χ1) is 14.5. The second kappa shape index (κ2) is 7.71. The molecule has 2 aromatic rings. The van der Waals surface area contributed by atoms with Gasteiger partial charge in [-0.2, -0.15) is 0 Å². The van der Waals surface area contributed by atoms with E-state index in [1.165, 1.54) is 0 Å². The molecule has 0 aromatic heterocycles. The maximum Gasteiger partial charge on any atom is 0.336 e. The third-order valence-electron chi connectivity index (χ3n) is 5.49. The first-order valence-electron chi connectivity index (χ1n) is 9.76. The summed E-state index contributed by atoms with van der Waals surface area (Å²) in [6.45, 7) is 3.83. The number of hydrogen-bond acceptors (Lipinski definition) is 6. The summed E-state index contributed by atoms with van der Waals surface area (Å²) in [6, 6.07) is 12.9. The van der Waals surface area contributed by atoms with Gasteiger partial charge in [0, 0.05) is 28.3 Å². The van der Waals surface area contributed by atoms with E-state index >= 15 is 0 Å². The summed E-state index contributed by atoms with van der Waals surface area (Å²) in [6.07, 6.45) is 0. The van der Waals surface area contributed by atoms with Gasteiger partial charge in [0.25, 0.3) is 0 Å². The van der Waals surface area contributed by atoms with E-state index in [0.717, 1.165) is 16.8 Å². The van der Waals surface area contributed by atoms with E-state index in [2.05, 4.69) is 5.32 Å². The molecule has 1 heterocycles. The van der Waals surface area contributed by atoms with Crippen molar-refractivity contribution in [3.63, 3.8) is 0 Å². The van der Waals surface area contributed by atoms with Gasteiger partial charge in [0.2, 0.25) is 0 Å². The number of hydrogen-bond donors (Lipinski definition) is 1. The Morgan fingerprint density at radius 3 is 2.40 bits per heavy atom. The number of esters is 1. The number of methoxy groups -OCH3 is 2. The quantitative estimate of drug-likeness (QED) is 0.762. The summed E-state index contributed by atoms with van der Waals surface area (Å²) in [4.78, 5) is 26.3. The van der Waals surface area contributed by atoms with Crippen LogP contribution in [0.2, 0.25) is 0 Å². The van der Waals surface area contributed by atoms with Gasteiger partial charge < -0.3 is 19.5 Å². The Labute approximate surface area is 175 Å². The standard InChI is InChI=1S/C24H23NO5/c1-5-30-24(27)19-13(2)25-22-15-8-6-7-9-16(15)23(26)21(22)20(19)14-10-11-17(28-3)18(12-14)29-4/h6-12,20,25H,5H2,1-4H3/t20-/m0/s1. The number of nitrogens with one attached hydrogen (secondary N) is 1. The number of rotatable bonds is 5. The minimum atomic E-state index is -0.583. The van der Waals surface area contributed by atoms with E-state index in [-0.39, 0.29) is 12.4 Å². The zero-order chi connectivity index (χ0) is 21.4. The lowest BCUT2D eigenvalue weighted by Crippen LogP contribution is -2.29. The van der Waals surface area contributed by atoms with Crippen LogP contribution in [0.1, 0.15) is 41.3 Å². The summed E-state index contributed by atoms with van der Waals surface area (Å²) in [5.41, 5.74) is 4.58. The molecule has 0 saturated heterocycles. The number of carbonyl (C=O) groups is 2. The fourth-order valence-electron chi connectivity index (χ4n) is 4.17. The van der Waals surface area contributed by atoms with Crippen LogP contribution in [0.5, 0.6) is 11.5 Å². The smallest absolute Gasteiger partial charge is 0.336 e. The molecule has 0 radical (unpaired) electrons. The van der Waals surface area contributed by atoms with Crippen molar-refractivity contribution >= 4 is 17.4 Å². The molecule has 6 nitrogen and oxygen atoms in total. The van der Waals surface area contributed by atoms with Crippen molar-refractivity contribution in [2.75, 3.05) is 20.8 Å². The predicted molar refractivity (Wildman–Crippen MR) is 112 cm³/mol. The van der Waals surface area contributed by atoms with Gasteiger partial charge in [0.1, 0.15) is 0 Å². The van der Waals surface area contributed by atoms with Crippen molar-refractivity contribution in [1.82, 2.24) is 5.32 Å². The van der Waals surface area contributed by atoms with Gasteiger partial charge in [-0.1, -0.05) is 30.3 Å². The van der Waals surface area contributed by atoms with Crippen LogP contribution in [0.25, 0.3) is 5.70 Å². The molecule has 1 aliphatic heterocycles. The monoisotopic (exact) mass is 405 g/mol. The van der Waals surface area contributed by atoms with Gasteiger partial charge >= 0.3 is 5.97 Å². The van der Waals surface area contributed by atoms with Crippen molar-refractivity contribution in [2.45, 2.75) is 19.8 Å². The minimum absolute atomic E-state index is 0.0952. The molecule has 6 heteroatoms. The Hall–Kier alpha value is -3.54. The summed E-state index contributed by atoms with van der Waals surface area (Å²) < 4.78 is 16.2. The first kappa shape index (κ1) is 19.8. The molecule has 30 heavy (non-hydrogen) atoms. The Kier molecular flexibility index (Phi) is 5.08. The molecule has 0 amide bonds. The third kappa shape index (κ3) is 2.96. The number of ether oxygens (including phenoxy) is 3. The highest BCUT2D eigenvalue weighted by Gasteiger charge is 2.43. The fraction of sp³-hybridized carbons (Fsp3) is 0.250. The van der Waals surface area contributed by atoms with Gasteiger partial charge in [0.15, 0.2) is 17.3 Å². The van der Waals surface area contributed by atoms with Crippen LogP contribution < -0.4 is 14.8 Å². The van der Waals surface area contributed by atoms with Crippen molar-refractivity contribution < 1.29 is 23.8 Å². The molecule has 4 rings (SSSR count). The van der Waals surface area contributed by atoms with Crippen molar-refractivity contribution in [3.05, 3.63) is 76.0 Å². The minimum Gasteiger partial charge on any atom is -0.493 e. The number of benzene rings is 2. The van der Waals surface area contributed by atoms with Crippen LogP contribution in [-0.4, -0.2) is 32.6 Å². The van der Waals surface area contributed by atoms with Crippen molar-refractivity contribution in [1.29, 1.82) is 0 Å². The third-order valence-corrected chi connectivity index (χ3v) is 5.49. The highest BCUT2D eigenvalue weighted by Crippen LogP contribution is 2.47. The predicted octanol–water partition coefficient (Wildman–Crippen LogP) is 3.84. The Bertz CT molecular complexity index is 1110. The highest BCUT2D eigenvalue weighted by atomic mass is 16.5. The van der Waals surface area contributed by atoms with Crippen LogP contribution in [0.15, 0.2) is 59.3 Å². The number of allylic oxidation sites excluding steroid dienone is 2. The van der Waals surface area contributed by atoms with E-state index < -0.39 is 11.9 Å². The SMILES string of the molecule is CCOC(=O)C1=C(C)NC2=C(C(=O)c3ccccc32)[C@H]1c1ccc(OC)c(OC)c1. The largest absolute Gasteiger partial charge is 0.493 e. The van der Waals surface area contributed by atoms with E-state index in [1.54, 1.807) is 27.2 Å². The van der Waals surface area contributed by atoms with E-state index in [4.69, 9.17) is 14.2 Å². The van der Waals surface area contributed by atoms with Gasteiger partial charge in [0.05, 0.1) is 32.1 Å². The molecule has 0 saturated carbocycles. The summed E-state index contributed by atoms with van der Waals surface area (Å²) in [7, 11) is 3.12. The molecule has 1 N–H and O–H groups in total. The topological polar surface area (TPSA) is 73.9 Å². The number of dihydropyridines is 1. The molecule has 2 aromatic carbocycles. The lowest BCUT2D eigenvalue weighted by atomic mass is 9.79. The lowest BCUT2D eigenvalue weighted by molar-refractivity contribution is -0.138. The van der Waals surface area contributed by atoms with Crippen LogP contribution in [0, 0.1) is 0 Å². The molecule has 1 atom stereocenters. The Balaban J connectivity index is 1.93. The maximum atomic E-state index is 13.4. The zero-order valence-corrected chi connectivity index (χ0v) is 17.4. The molecular formula is C24H23NO5. The summed E-state index contributed by atoms with van der Waals surface area (Å²) >= 11 is 0. The van der Waals surface area contributed by atoms with E-state index in [1.807, 2.05) is 43.3 Å². The molecule has 0 spiro atoms. The van der Waals surface area contributed by atoms with E-state index in [0.29, 0.717) is 33.9 Å². The molecule has 1 aliphatic carbocycles. The molecule has 154 valence electrons. The fourth-order valence-corrected chi connectivity index (χ4v) is 4.17. The average Bonchev–Trinajstić information content (AvgIpc) is 3.04. The number of Topliss-reactive ketones (excluding diaryl/α,β-unsaturated/α-hetero) is 1. The second-order valence-electron chi connectivity index (χ2n) is 7.09. The van der Waals surface area contributed by atoms with Crippen LogP contribution in [0.4, 0.5) is 0 Å². The summed E-state index contributed by atoms with van der Waals surface area (Å²) in [5.74, 6) is -0.0249. The Morgan fingerprint density at radius 2 is 1.73 bits per heavy atom. The van der Waals surface area contributed by atoms with Crippen LogP contribution >= 0.6 is 0 Å². The normalized spacial score (nSPS) is 17.3. The summed E-state index contributed by atoms with van der Waals surface area (Å²) in [5, 5.41) is 3.29. The molecule has 0 fully saturated rings. The first-order valence-corrected chi connectivity index (χ1v) is 9.76. The lowest BCUT2D eigenvalue weighted by Gasteiger charge is -2.29. The van der Waals surface area contributed by atoms with Crippen LogP contribution in [-0.2, 0) is 9.53 Å².